The zero-order valence-electron chi connectivity index (χ0n) is 10.9. The van der Waals surface area contributed by atoms with E-state index in [1.807, 2.05) is 19.9 Å². The molecular weight excluding hydrogens is 248 g/mol. The van der Waals surface area contributed by atoms with Crippen molar-refractivity contribution >= 4 is 21.4 Å². The second-order valence-corrected chi connectivity index (χ2v) is 7.04. The van der Waals surface area contributed by atoms with Crippen LogP contribution in [0.3, 0.4) is 0 Å². The molecule has 0 aromatic heterocycles. The van der Waals surface area contributed by atoms with Crippen molar-refractivity contribution in [1.29, 1.82) is 0 Å². The van der Waals surface area contributed by atoms with Crippen LogP contribution in [0.4, 0.5) is 11.4 Å². The minimum atomic E-state index is -3.30. The summed E-state index contributed by atoms with van der Waals surface area (Å²) in [7, 11) is -3.30. The lowest BCUT2D eigenvalue weighted by Crippen LogP contribution is -2.25. The van der Waals surface area contributed by atoms with Gasteiger partial charge in [-0.15, -0.1) is 0 Å². The molecule has 5 heteroatoms. The lowest BCUT2D eigenvalue weighted by atomic mass is 10.1. The van der Waals surface area contributed by atoms with Crippen LogP contribution in [0.2, 0.25) is 0 Å². The maximum absolute atomic E-state index is 12.2. The van der Waals surface area contributed by atoms with Crippen molar-refractivity contribution in [3.05, 3.63) is 23.3 Å². The van der Waals surface area contributed by atoms with Gasteiger partial charge in [-0.2, -0.15) is 0 Å². The summed E-state index contributed by atoms with van der Waals surface area (Å²) >= 11 is 0. The Morgan fingerprint density at radius 3 is 2.33 bits per heavy atom. The van der Waals surface area contributed by atoms with Gasteiger partial charge in [0.1, 0.15) is 0 Å². The molecule has 4 nitrogen and oxygen atoms in total. The predicted octanol–water partition coefficient (Wildman–Crippen LogP) is 2.57. The highest BCUT2D eigenvalue weighted by Gasteiger charge is 2.29. The average molecular weight is 268 g/mol. The first-order chi connectivity index (χ1) is 8.40. The molecule has 0 amide bonds. The van der Waals surface area contributed by atoms with Gasteiger partial charge in [0.2, 0.25) is 10.0 Å². The van der Waals surface area contributed by atoms with E-state index >= 15 is 0 Å². The molecular formula is C13H20N2O2S. The highest BCUT2D eigenvalue weighted by Crippen LogP contribution is 2.29. The Morgan fingerprint density at radius 1 is 1.17 bits per heavy atom. The number of hydrogen-bond donors (Lipinski definition) is 2. The lowest BCUT2D eigenvalue weighted by Gasteiger charge is -2.16. The van der Waals surface area contributed by atoms with Gasteiger partial charge in [0.15, 0.2) is 0 Å². The van der Waals surface area contributed by atoms with Gasteiger partial charge in [-0.3, -0.25) is 4.72 Å². The summed E-state index contributed by atoms with van der Waals surface area (Å²) in [4.78, 5) is 0. The molecule has 0 radical (unpaired) electrons. The Kier molecular flexibility index (Phi) is 3.52. The van der Waals surface area contributed by atoms with Crippen LogP contribution in [0.15, 0.2) is 12.1 Å². The van der Waals surface area contributed by atoms with Gasteiger partial charge in [-0.1, -0.05) is 12.8 Å². The van der Waals surface area contributed by atoms with Crippen molar-refractivity contribution in [3.8, 4) is 0 Å². The third kappa shape index (κ3) is 2.61. The van der Waals surface area contributed by atoms with Crippen LogP contribution >= 0.6 is 0 Å². The second kappa shape index (κ2) is 4.80. The maximum atomic E-state index is 12.2. The summed E-state index contributed by atoms with van der Waals surface area (Å²) in [6, 6.07) is 3.61. The van der Waals surface area contributed by atoms with Crippen molar-refractivity contribution in [2.45, 2.75) is 44.8 Å². The van der Waals surface area contributed by atoms with Gasteiger partial charge in [0.25, 0.3) is 0 Å². The molecule has 1 fully saturated rings. The fourth-order valence-corrected chi connectivity index (χ4v) is 3.97. The molecule has 1 aromatic rings. The minimum absolute atomic E-state index is 0.265. The van der Waals surface area contributed by atoms with Crippen molar-refractivity contribution in [2.75, 3.05) is 10.5 Å². The van der Waals surface area contributed by atoms with Crippen LogP contribution in [-0.4, -0.2) is 13.7 Å². The van der Waals surface area contributed by atoms with E-state index in [0.29, 0.717) is 11.4 Å². The second-order valence-electron chi connectivity index (χ2n) is 5.08. The number of nitrogens with two attached hydrogens (primary N) is 1. The van der Waals surface area contributed by atoms with Crippen LogP contribution in [0.25, 0.3) is 0 Å². The number of sulfonamides is 1. The van der Waals surface area contributed by atoms with E-state index in [0.717, 1.165) is 36.8 Å². The number of rotatable bonds is 3. The first kappa shape index (κ1) is 13.2. The zero-order valence-corrected chi connectivity index (χ0v) is 11.7. The van der Waals surface area contributed by atoms with Crippen molar-refractivity contribution in [2.24, 2.45) is 0 Å². The largest absolute Gasteiger partial charge is 0.397 e. The fourth-order valence-electron chi connectivity index (χ4n) is 2.36. The highest BCUT2D eigenvalue weighted by molar-refractivity contribution is 7.93. The zero-order chi connectivity index (χ0) is 13.3. The monoisotopic (exact) mass is 268 g/mol. The summed E-state index contributed by atoms with van der Waals surface area (Å²) in [6.45, 7) is 3.91. The van der Waals surface area contributed by atoms with E-state index in [1.54, 1.807) is 6.07 Å². The summed E-state index contributed by atoms with van der Waals surface area (Å²) < 4.78 is 27.0. The number of hydrogen-bond acceptors (Lipinski definition) is 3. The van der Waals surface area contributed by atoms with Gasteiger partial charge >= 0.3 is 0 Å². The molecule has 3 N–H and O–H groups in total. The number of benzene rings is 1. The molecule has 1 aliphatic rings. The third-order valence-corrected chi connectivity index (χ3v) is 5.51. The van der Waals surface area contributed by atoms with Gasteiger partial charge < -0.3 is 5.73 Å². The average Bonchev–Trinajstić information content (AvgIpc) is 2.79. The Bertz CT molecular complexity index is 546. The molecule has 0 heterocycles. The van der Waals surface area contributed by atoms with Crippen molar-refractivity contribution < 1.29 is 8.42 Å². The molecule has 0 aliphatic heterocycles. The van der Waals surface area contributed by atoms with E-state index in [1.165, 1.54) is 0 Å². The number of anilines is 2. The molecule has 1 aliphatic carbocycles. The molecule has 1 aromatic carbocycles. The fraction of sp³-hybridized carbons (Fsp3) is 0.538. The summed E-state index contributed by atoms with van der Waals surface area (Å²) in [5.74, 6) is 0. The Hall–Kier alpha value is -1.23. The van der Waals surface area contributed by atoms with Gasteiger partial charge in [0.05, 0.1) is 16.6 Å². The molecule has 100 valence electrons. The van der Waals surface area contributed by atoms with E-state index in [9.17, 15) is 8.42 Å². The topological polar surface area (TPSA) is 72.2 Å². The van der Waals surface area contributed by atoms with E-state index < -0.39 is 10.0 Å². The van der Waals surface area contributed by atoms with Crippen LogP contribution in [0.5, 0.6) is 0 Å². The number of aryl methyl sites for hydroxylation is 2. The number of nitrogen functional groups attached to an aromatic ring is 1. The molecule has 0 unspecified atom stereocenters. The molecule has 0 bridgehead atoms. The predicted molar refractivity (Wildman–Crippen MR) is 75.1 cm³/mol. The Labute approximate surface area is 109 Å². The van der Waals surface area contributed by atoms with Crippen molar-refractivity contribution in [1.82, 2.24) is 0 Å². The molecule has 1 saturated carbocycles. The van der Waals surface area contributed by atoms with Crippen molar-refractivity contribution in [3.63, 3.8) is 0 Å². The Balaban J connectivity index is 2.26. The maximum Gasteiger partial charge on any atom is 0.235 e. The first-order valence-corrected chi connectivity index (χ1v) is 7.83. The smallest absolute Gasteiger partial charge is 0.235 e. The summed E-state index contributed by atoms with van der Waals surface area (Å²) in [6.07, 6.45) is 3.49. The third-order valence-electron chi connectivity index (χ3n) is 3.66. The van der Waals surface area contributed by atoms with E-state index in [4.69, 9.17) is 5.73 Å². The van der Waals surface area contributed by atoms with Crippen LogP contribution in [-0.2, 0) is 10.0 Å². The summed E-state index contributed by atoms with van der Waals surface area (Å²) in [5, 5.41) is -0.265. The van der Waals surface area contributed by atoms with Crippen LogP contribution in [0, 0.1) is 13.8 Å². The molecule has 18 heavy (non-hydrogen) atoms. The van der Waals surface area contributed by atoms with Gasteiger partial charge in [-0.05, 0) is 49.9 Å². The highest BCUT2D eigenvalue weighted by atomic mass is 32.2. The van der Waals surface area contributed by atoms with E-state index in [2.05, 4.69) is 4.72 Å². The van der Waals surface area contributed by atoms with Gasteiger partial charge in [0, 0.05) is 0 Å². The molecule has 0 spiro atoms. The first-order valence-electron chi connectivity index (χ1n) is 6.28. The summed E-state index contributed by atoms with van der Waals surface area (Å²) in [5.41, 5.74) is 8.96. The SMILES string of the molecule is Cc1cc(N)c(NS(=O)(=O)C2CCCC2)cc1C. The standard InChI is InChI=1S/C13H20N2O2S/c1-9-7-12(14)13(8-10(9)2)15-18(16,17)11-5-3-4-6-11/h7-8,11,15H,3-6,14H2,1-2H3. The molecule has 2 rings (SSSR count). The Morgan fingerprint density at radius 2 is 1.72 bits per heavy atom. The minimum Gasteiger partial charge on any atom is -0.397 e. The van der Waals surface area contributed by atoms with Gasteiger partial charge in [-0.25, -0.2) is 8.42 Å². The number of nitrogens with one attached hydrogen (secondary N) is 1. The quantitative estimate of drug-likeness (QED) is 0.828. The molecule has 0 atom stereocenters. The lowest BCUT2D eigenvalue weighted by molar-refractivity contribution is 0.585. The van der Waals surface area contributed by atoms with E-state index in [-0.39, 0.29) is 5.25 Å². The van der Waals surface area contributed by atoms with Crippen LogP contribution in [0.1, 0.15) is 36.8 Å². The van der Waals surface area contributed by atoms with Crippen LogP contribution < -0.4 is 10.5 Å². The molecule has 0 saturated heterocycles. The normalized spacial score (nSPS) is 17.0.